The van der Waals surface area contributed by atoms with Crippen molar-refractivity contribution in [3.05, 3.63) is 70.8 Å². The molecule has 0 aliphatic carbocycles. The lowest BCUT2D eigenvalue weighted by Crippen LogP contribution is -2.36. The molecule has 0 fully saturated rings. The van der Waals surface area contributed by atoms with E-state index in [9.17, 15) is 4.79 Å². The lowest BCUT2D eigenvalue weighted by atomic mass is 10.1. The number of aryl methyl sites for hydroxylation is 1. The number of rotatable bonds is 8. The summed E-state index contributed by atoms with van der Waals surface area (Å²) in [5, 5.41) is 9.62. The number of benzene rings is 2. The van der Waals surface area contributed by atoms with Crippen molar-refractivity contribution < 1.29 is 4.79 Å². The van der Waals surface area contributed by atoms with E-state index in [4.69, 9.17) is 0 Å². The zero-order chi connectivity index (χ0) is 20.4. The molecule has 5 heteroatoms. The van der Waals surface area contributed by atoms with Gasteiger partial charge < -0.3 is 16.0 Å². The zero-order valence-corrected chi connectivity index (χ0v) is 17.4. The highest BCUT2D eigenvalue weighted by Crippen LogP contribution is 2.08. The molecule has 2 rings (SSSR count). The summed E-state index contributed by atoms with van der Waals surface area (Å²) >= 11 is 0. The Kier molecular flexibility index (Phi) is 8.53. The number of aliphatic imine (C=N–C) groups is 1. The number of hydrogen-bond donors (Lipinski definition) is 3. The predicted octanol–water partition coefficient (Wildman–Crippen LogP) is 3.78. The Bertz CT molecular complexity index is 783. The van der Waals surface area contributed by atoms with E-state index in [0.717, 1.165) is 24.5 Å². The molecule has 0 saturated carbocycles. The summed E-state index contributed by atoms with van der Waals surface area (Å²) in [7, 11) is 0. The third-order valence-corrected chi connectivity index (χ3v) is 4.52. The average Bonchev–Trinajstić information content (AvgIpc) is 2.71. The van der Waals surface area contributed by atoms with Crippen LogP contribution in [-0.2, 0) is 13.1 Å². The third-order valence-electron chi connectivity index (χ3n) is 4.52. The maximum atomic E-state index is 12.3. The SMILES string of the molecule is CCNC(=NCc1cccc(C(=O)NC(C)CC)c1)NCc1ccc(C)cc1. The first kappa shape index (κ1) is 21.5. The maximum Gasteiger partial charge on any atom is 0.251 e. The molecule has 0 heterocycles. The Hall–Kier alpha value is -2.82. The molecule has 0 saturated heterocycles. The second-order valence-corrected chi connectivity index (χ2v) is 7.02. The minimum Gasteiger partial charge on any atom is -0.357 e. The molecule has 0 radical (unpaired) electrons. The van der Waals surface area contributed by atoms with Crippen molar-refractivity contribution in [2.45, 2.75) is 53.2 Å². The fraction of sp³-hybridized carbons (Fsp3) is 0.391. The smallest absolute Gasteiger partial charge is 0.251 e. The van der Waals surface area contributed by atoms with Gasteiger partial charge in [0.1, 0.15) is 0 Å². The fourth-order valence-electron chi connectivity index (χ4n) is 2.62. The van der Waals surface area contributed by atoms with Gasteiger partial charge in [-0.05, 0) is 50.5 Å². The quantitative estimate of drug-likeness (QED) is 0.482. The van der Waals surface area contributed by atoms with Gasteiger partial charge in [-0.25, -0.2) is 4.99 Å². The summed E-state index contributed by atoms with van der Waals surface area (Å²) in [5.74, 6) is 0.724. The molecule has 28 heavy (non-hydrogen) atoms. The topological polar surface area (TPSA) is 65.5 Å². The van der Waals surface area contributed by atoms with Crippen LogP contribution in [0.3, 0.4) is 0 Å². The number of carbonyl (C=O) groups is 1. The Morgan fingerprint density at radius 2 is 1.79 bits per heavy atom. The van der Waals surface area contributed by atoms with Gasteiger partial charge in [-0.1, -0.05) is 48.9 Å². The predicted molar refractivity (Wildman–Crippen MR) is 116 cm³/mol. The average molecular weight is 381 g/mol. The number of amides is 1. The molecule has 5 nitrogen and oxygen atoms in total. The monoisotopic (exact) mass is 380 g/mol. The lowest BCUT2D eigenvalue weighted by molar-refractivity contribution is 0.0939. The largest absolute Gasteiger partial charge is 0.357 e. The molecule has 1 unspecified atom stereocenters. The van der Waals surface area contributed by atoms with Crippen molar-refractivity contribution in [3.63, 3.8) is 0 Å². The molecule has 0 bridgehead atoms. The second kappa shape index (κ2) is 11.1. The van der Waals surface area contributed by atoms with Crippen LogP contribution >= 0.6 is 0 Å². The van der Waals surface area contributed by atoms with E-state index in [1.54, 1.807) is 0 Å². The first-order valence-corrected chi connectivity index (χ1v) is 9.99. The Balaban J connectivity index is 2.00. The number of nitrogens with zero attached hydrogens (tertiary/aromatic N) is 1. The number of nitrogens with one attached hydrogen (secondary N) is 3. The van der Waals surface area contributed by atoms with E-state index < -0.39 is 0 Å². The Morgan fingerprint density at radius 1 is 1.04 bits per heavy atom. The van der Waals surface area contributed by atoms with Crippen molar-refractivity contribution >= 4 is 11.9 Å². The van der Waals surface area contributed by atoms with Crippen molar-refractivity contribution in [2.75, 3.05) is 6.54 Å². The van der Waals surface area contributed by atoms with Crippen LogP contribution in [0.15, 0.2) is 53.5 Å². The molecule has 0 aliphatic rings. The summed E-state index contributed by atoms with van der Waals surface area (Å²) in [5.41, 5.74) is 4.14. The highest BCUT2D eigenvalue weighted by atomic mass is 16.1. The summed E-state index contributed by atoms with van der Waals surface area (Å²) in [6.07, 6.45) is 0.911. The molecule has 3 N–H and O–H groups in total. The van der Waals surface area contributed by atoms with Crippen LogP contribution in [0.2, 0.25) is 0 Å². The van der Waals surface area contributed by atoms with Gasteiger partial charge in [0.25, 0.3) is 5.91 Å². The fourth-order valence-corrected chi connectivity index (χ4v) is 2.62. The normalized spacial score (nSPS) is 12.4. The van der Waals surface area contributed by atoms with Gasteiger partial charge in [0, 0.05) is 24.7 Å². The molecular formula is C23H32N4O. The highest BCUT2D eigenvalue weighted by molar-refractivity contribution is 5.94. The molecule has 150 valence electrons. The maximum absolute atomic E-state index is 12.3. The molecule has 0 spiro atoms. The van der Waals surface area contributed by atoms with Crippen molar-refractivity contribution in [2.24, 2.45) is 4.99 Å². The molecule has 0 aromatic heterocycles. The van der Waals surface area contributed by atoms with Crippen LogP contribution in [0, 0.1) is 6.92 Å². The van der Waals surface area contributed by atoms with E-state index in [2.05, 4.69) is 59.1 Å². The summed E-state index contributed by atoms with van der Waals surface area (Å²) in [6, 6.07) is 16.3. The van der Waals surface area contributed by atoms with Gasteiger partial charge in [0.05, 0.1) is 6.54 Å². The number of carbonyl (C=O) groups excluding carboxylic acids is 1. The Labute approximate surface area is 168 Å². The van der Waals surface area contributed by atoms with Gasteiger partial charge in [0.2, 0.25) is 0 Å². The first-order valence-electron chi connectivity index (χ1n) is 9.99. The summed E-state index contributed by atoms with van der Waals surface area (Å²) in [4.78, 5) is 17.0. The first-order chi connectivity index (χ1) is 13.5. The van der Waals surface area contributed by atoms with Crippen molar-refractivity contribution in [3.8, 4) is 0 Å². The summed E-state index contributed by atoms with van der Waals surface area (Å²) in [6.45, 7) is 10.2. The van der Waals surface area contributed by atoms with E-state index in [-0.39, 0.29) is 11.9 Å². The van der Waals surface area contributed by atoms with Crippen LogP contribution in [-0.4, -0.2) is 24.5 Å². The molecule has 2 aromatic rings. The van der Waals surface area contributed by atoms with E-state index in [1.165, 1.54) is 11.1 Å². The third kappa shape index (κ3) is 7.06. The second-order valence-electron chi connectivity index (χ2n) is 7.02. The molecule has 1 amide bonds. The highest BCUT2D eigenvalue weighted by Gasteiger charge is 2.09. The lowest BCUT2D eigenvalue weighted by Gasteiger charge is -2.13. The molecule has 2 aromatic carbocycles. The van der Waals surface area contributed by atoms with Crippen LogP contribution in [0.25, 0.3) is 0 Å². The minimum absolute atomic E-state index is 0.0374. The molecular weight excluding hydrogens is 348 g/mol. The molecule has 0 aliphatic heterocycles. The van der Waals surface area contributed by atoms with Gasteiger partial charge in [-0.15, -0.1) is 0 Å². The standard InChI is InChI=1S/C23H32N4O/c1-5-18(4)27-22(28)21-9-7-8-20(14-21)16-26-23(24-6-2)25-15-19-12-10-17(3)11-13-19/h7-14,18H,5-6,15-16H2,1-4H3,(H,27,28)(H2,24,25,26). The van der Waals surface area contributed by atoms with E-state index >= 15 is 0 Å². The van der Waals surface area contributed by atoms with Gasteiger partial charge in [0.15, 0.2) is 5.96 Å². The molecule has 1 atom stereocenters. The van der Waals surface area contributed by atoms with Crippen LogP contribution in [0.5, 0.6) is 0 Å². The van der Waals surface area contributed by atoms with Gasteiger partial charge in [-0.3, -0.25) is 4.79 Å². The van der Waals surface area contributed by atoms with E-state index in [0.29, 0.717) is 18.7 Å². The van der Waals surface area contributed by atoms with Gasteiger partial charge in [-0.2, -0.15) is 0 Å². The minimum atomic E-state index is -0.0374. The van der Waals surface area contributed by atoms with Crippen molar-refractivity contribution in [1.29, 1.82) is 0 Å². The van der Waals surface area contributed by atoms with Crippen LogP contribution in [0.4, 0.5) is 0 Å². The number of hydrogen-bond acceptors (Lipinski definition) is 2. The van der Waals surface area contributed by atoms with E-state index in [1.807, 2.05) is 38.1 Å². The zero-order valence-electron chi connectivity index (χ0n) is 17.4. The van der Waals surface area contributed by atoms with Crippen LogP contribution in [0.1, 0.15) is 54.2 Å². The summed E-state index contributed by atoms with van der Waals surface area (Å²) < 4.78 is 0. The van der Waals surface area contributed by atoms with Crippen molar-refractivity contribution in [1.82, 2.24) is 16.0 Å². The Morgan fingerprint density at radius 3 is 2.46 bits per heavy atom. The van der Waals surface area contributed by atoms with Gasteiger partial charge >= 0.3 is 0 Å². The number of guanidine groups is 1. The van der Waals surface area contributed by atoms with Crippen LogP contribution < -0.4 is 16.0 Å².